The normalized spacial score (nSPS) is 17.7. The zero-order valence-electron chi connectivity index (χ0n) is 25.9. The average Bonchev–Trinajstić information content (AvgIpc) is 3.20. The van der Waals surface area contributed by atoms with Gasteiger partial charge in [0.05, 0.1) is 46.0 Å². The summed E-state index contributed by atoms with van der Waals surface area (Å²) >= 11 is 0. The van der Waals surface area contributed by atoms with Gasteiger partial charge in [-0.25, -0.2) is 0 Å². The molecule has 44 heavy (non-hydrogen) atoms. The Labute approximate surface area is 257 Å². The van der Waals surface area contributed by atoms with Gasteiger partial charge in [0.15, 0.2) is 5.75 Å². The first kappa shape index (κ1) is 31.0. The van der Waals surface area contributed by atoms with E-state index in [1.165, 1.54) is 21.3 Å². The molecular weight excluding hydrogens is 562 g/mol. The summed E-state index contributed by atoms with van der Waals surface area (Å²) < 4.78 is 21.9. The van der Waals surface area contributed by atoms with Gasteiger partial charge in [0, 0.05) is 36.1 Å². The molecule has 0 N–H and O–H groups in total. The van der Waals surface area contributed by atoms with Gasteiger partial charge in [0.1, 0.15) is 5.69 Å². The van der Waals surface area contributed by atoms with E-state index >= 15 is 0 Å². The van der Waals surface area contributed by atoms with E-state index in [9.17, 15) is 14.4 Å². The van der Waals surface area contributed by atoms with Gasteiger partial charge in [0.25, 0.3) is 0 Å². The molecule has 1 spiro atoms. The zero-order valence-corrected chi connectivity index (χ0v) is 25.9. The number of ether oxygens (including phenoxy) is 4. The highest BCUT2D eigenvalue weighted by molar-refractivity contribution is 6.01. The number of hydrogen-bond donors (Lipinski definition) is 0. The minimum atomic E-state index is -0.984. The van der Waals surface area contributed by atoms with Gasteiger partial charge in [-0.15, -0.1) is 0 Å². The van der Waals surface area contributed by atoms with Crippen molar-refractivity contribution >= 4 is 46.3 Å². The highest BCUT2D eigenvalue weighted by Crippen LogP contribution is 2.55. The third-order valence-electron chi connectivity index (χ3n) is 8.64. The van der Waals surface area contributed by atoms with E-state index in [0.29, 0.717) is 30.8 Å². The van der Waals surface area contributed by atoms with Crippen LogP contribution >= 0.6 is 0 Å². The Balaban J connectivity index is 1.59. The van der Waals surface area contributed by atoms with Crippen molar-refractivity contribution in [2.75, 3.05) is 45.9 Å². The SMILES string of the molecule is COC(=O)CCCCN1c2ccccc2C(C)(C)C12C=Nc1c(c(CN(CC(=O)OC)CC(=O)OC)cc3ccccc13)O2. The van der Waals surface area contributed by atoms with Crippen LogP contribution in [0.25, 0.3) is 10.8 Å². The van der Waals surface area contributed by atoms with Gasteiger partial charge in [-0.05, 0) is 49.8 Å². The lowest BCUT2D eigenvalue weighted by Crippen LogP contribution is -2.62. The standard InChI is InChI=1S/C34H39N3O7/c1-33(2)26-14-8-9-15-27(26)37(17-11-10-16-28(38)41-3)34(33)22-35-31-25-13-7-6-12-23(25)18-24(32(31)44-34)19-36(20-29(39)42-4)21-30(40)43-5/h6-9,12-15,18,22H,10-11,16-17,19-21H2,1-5H3. The molecule has 232 valence electrons. The Morgan fingerprint density at radius 1 is 0.886 bits per heavy atom. The second-order valence-electron chi connectivity index (χ2n) is 11.6. The van der Waals surface area contributed by atoms with E-state index in [4.69, 9.17) is 23.9 Å². The number of aliphatic imine (C=N–C) groups is 1. The number of fused-ring (bicyclic) bond motifs is 4. The number of hydrogen-bond acceptors (Lipinski definition) is 10. The second kappa shape index (κ2) is 12.7. The van der Waals surface area contributed by atoms with Gasteiger partial charge in [-0.3, -0.25) is 24.3 Å². The van der Waals surface area contributed by atoms with Gasteiger partial charge in [0.2, 0.25) is 5.72 Å². The van der Waals surface area contributed by atoms with Gasteiger partial charge >= 0.3 is 17.9 Å². The van der Waals surface area contributed by atoms with Crippen LogP contribution in [-0.2, 0) is 40.6 Å². The van der Waals surface area contributed by atoms with Crippen LogP contribution in [-0.4, -0.2) is 75.7 Å². The highest BCUT2D eigenvalue weighted by Gasteiger charge is 2.59. The summed E-state index contributed by atoms with van der Waals surface area (Å²) in [5.74, 6) is -0.577. The molecule has 2 aliphatic heterocycles. The summed E-state index contributed by atoms with van der Waals surface area (Å²) in [4.78, 5) is 45.5. The maximum Gasteiger partial charge on any atom is 0.319 e. The predicted octanol–water partition coefficient (Wildman–Crippen LogP) is 4.92. The van der Waals surface area contributed by atoms with E-state index < -0.39 is 23.1 Å². The molecule has 2 aliphatic rings. The number of carbonyl (C=O) groups excluding carboxylic acids is 3. The number of esters is 3. The molecule has 1 unspecified atom stereocenters. The van der Waals surface area contributed by atoms with Crippen molar-refractivity contribution in [1.29, 1.82) is 0 Å². The Morgan fingerprint density at radius 2 is 1.55 bits per heavy atom. The highest BCUT2D eigenvalue weighted by atomic mass is 16.5. The molecule has 0 bridgehead atoms. The summed E-state index contributed by atoms with van der Waals surface area (Å²) in [7, 11) is 4.04. The largest absolute Gasteiger partial charge is 0.469 e. The first-order valence-electron chi connectivity index (χ1n) is 14.7. The van der Waals surface area contributed by atoms with E-state index in [1.807, 2.05) is 48.7 Å². The van der Waals surface area contributed by atoms with Crippen molar-refractivity contribution in [3.63, 3.8) is 0 Å². The quantitative estimate of drug-likeness (QED) is 0.172. The zero-order chi connectivity index (χ0) is 31.5. The van der Waals surface area contributed by atoms with Crippen LogP contribution in [0.15, 0.2) is 59.6 Å². The topological polar surface area (TPSA) is 107 Å². The number of para-hydroxylation sites is 1. The lowest BCUT2D eigenvalue weighted by molar-refractivity contribution is -0.146. The van der Waals surface area contributed by atoms with Crippen molar-refractivity contribution in [1.82, 2.24) is 4.90 Å². The lowest BCUT2D eigenvalue weighted by Gasteiger charge is -2.47. The molecule has 0 radical (unpaired) electrons. The molecule has 0 saturated heterocycles. The Bertz CT molecular complexity index is 1580. The van der Waals surface area contributed by atoms with Crippen LogP contribution in [0.2, 0.25) is 0 Å². The number of methoxy groups -OCH3 is 3. The van der Waals surface area contributed by atoms with Crippen LogP contribution in [0, 0.1) is 0 Å². The molecule has 10 nitrogen and oxygen atoms in total. The second-order valence-corrected chi connectivity index (χ2v) is 11.6. The fourth-order valence-electron chi connectivity index (χ4n) is 6.25. The molecule has 1 atom stereocenters. The third-order valence-corrected chi connectivity index (χ3v) is 8.64. The monoisotopic (exact) mass is 601 g/mol. The molecule has 10 heteroatoms. The fourth-order valence-corrected chi connectivity index (χ4v) is 6.25. The molecule has 3 aromatic carbocycles. The van der Waals surface area contributed by atoms with Crippen LogP contribution in [0.5, 0.6) is 5.75 Å². The van der Waals surface area contributed by atoms with Crippen LogP contribution in [0.1, 0.15) is 44.2 Å². The fraction of sp³-hybridized carbons (Fsp3) is 0.412. The van der Waals surface area contributed by atoms with E-state index in [0.717, 1.165) is 34.0 Å². The molecule has 2 heterocycles. The number of nitrogens with zero attached hydrogens (tertiary/aromatic N) is 3. The van der Waals surface area contributed by atoms with Gasteiger partial charge < -0.3 is 23.8 Å². The minimum Gasteiger partial charge on any atom is -0.469 e. The van der Waals surface area contributed by atoms with Crippen LogP contribution in [0.4, 0.5) is 11.4 Å². The number of benzene rings is 3. The molecule has 0 fully saturated rings. The Hall–Kier alpha value is -4.44. The van der Waals surface area contributed by atoms with Gasteiger partial charge in [-0.2, -0.15) is 0 Å². The Morgan fingerprint density at radius 3 is 2.25 bits per heavy atom. The lowest BCUT2D eigenvalue weighted by atomic mass is 9.77. The summed E-state index contributed by atoms with van der Waals surface area (Å²) in [6.07, 6.45) is 3.66. The van der Waals surface area contributed by atoms with Crippen molar-refractivity contribution in [2.45, 2.75) is 50.8 Å². The summed E-state index contributed by atoms with van der Waals surface area (Å²) in [6.45, 7) is 4.93. The predicted molar refractivity (Wildman–Crippen MR) is 167 cm³/mol. The number of carbonyl (C=O) groups is 3. The van der Waals surface area contributed by atoms with Crippen molar-refractivity contribution < 1.29 is 33.3 Å². The first-order valence-corrected chi connectivity index (χ1v) is 14.7. The maximum absolute atomic E-state index is 12.3. The average molecular weight is 602 g/mol. The summed E-state index contributed by atoms with van der Waals surface area (Å²) in [5.41, 5.74) is 2.14. The third kappa shape index (κ3) is 5.61. The van der Waals surface area contributed by atoms with Crippen molar-refractivity contribution in [3.8, 4) is 5.75 Å². The van der Waals surface area contributed by atoms with Crippen molar-refractivity contribution in [2.24, 2.45) is 4.99 Å². The number of unbranched alkanes of at least 4 members (excludes halogenated alkanes) is 1. The van der Waals surface area contributed by atoms with Gasteiger partial charge in [-0.1, -0.05) is 42.5 Å². The van der Waals surface area contributed by atoms with Crippen LogP contribution < -0.4 is 9.64 Å². The summed E-state index contributed by atoms with van der Waals surface area (Å²) in [6, 6.07) is 18.2. The first-order chi connectivity index (χ1) is 21.1. The molecule has 3 aromatic rings. The van der Waals surface area contributed by atoms with Crippen molar-refractivity contribution in [3.05, 3.63) is 65.7 Å². The van der Waals surface area contributed by atoms with E-state index in [-0.39, 0.29) is 25.6 Å². The minimum absolute atomic E-state index is 0.106. The Kier molecular flexibility index (Phi) is 8.92. The molecule has 5 rings (SSSR count). The molecule has 0 amide bonds. The maximum atomic E-state index is 12.3. The number of anilines is 1. The molecule has 0 aromatic heterocycles. The van der Waals surface area contributed by atoms with E-state index in [2.05, 4.69) is 30.9 Å². The number of rotatable bonds is 11. The van der Waals surface area contributed by atoms with Crippen LogP contribution in [0.3, 0.4) is 0 Å². The molecular formula is C34H39N3O7. The summed E-state index contributed by atoms with van der Waals surface area (Å²) in [5, 5.41) is 1.89. The van der Waals surface area contributed by atoms with E-state index in [1.54, 1.807) is 4.90 Å². The smallest absolute Gasteiger partial charge is 0.319 e. The molecule has 0 saturated carbocycles. The molecule has 0 aliphatic carbocycles.